The number of aliphatic hydroxyl groups is 6. The third kappa shape index (κ3) is 9.74. The van der Waals surface area contributed by atoms with Crippen LogP contribution in [0.15, 0.2) is 42.5 Å². The fourth-order valence-electron chi connectivity index (χ4n) is 5.36. The second-order valence-corrected chi connectivity index (χ2v) is 11.6. The second kappa shape index (κ2) is 17.4. The average molecular weight is 669 g/mol. The van der Waals surface area contributed by atoms with Gasteiger partial charge < -0.3 is 69.8 Å². The maximum absolute atomic E-state index is 10.9. The van der Waals surface area contributed by atoms with Crippen molar-refractivity contribution in [1.82, 2.24) is 0 Å². The van der Waals surface area contributed by atoms with Crippen molar-refractivity contribution in [2.45, 2.75) is 68.3 Å². The number of phenolic OH excluding ortho intramolecular Hbond substituents is 3. The predicted octanol–water partition coefficient (Wildman–Crippen LogP) is -0.629. The van der Waals surface area contributed by atoms with E-state index < -0.39 is 67.5 Å². The first kappa shape index (κ1) is 36.8. The first-order valence-electron chi connectivity index (χ1n) is 15.3. The van der Waals surface area contributed by atoms with E-state index in [1.807, 2.05) is 0 Å². The van der Waals surface area contributed by atoms with E-state index in [-0.39, 0.29) is 56.0 Å². The highest BCUT2D eigenvalue weighted by Crippen LogP contribution is 2.30. The largest absolute Gasteiger partial charge is 0.504 e. The fourth-order valence-corrected chi connectivity index (χ4v) is 5.36. The van der Waals surface area contributed by atoms with Gasteiger partial charge in [0.2, 0.25) is 5.75 Å². The molecule has 2 fully saturated rings. The van der Waals surface area contributed by atoms with Gasteiger partial charge in [0.15, 0.2) is 17.2 Å². The number of aliphatic hydroxyl groups excluding tert-OH is 6. The van der Waals surface area contributed by atoms with Crippen LogP contribution in [0.1, 0.15) is 18.1 Å². The molecule has 2 saturated heterocycles. The monoisotopic (exact) mass is 668 g/mol. The highest BCUT2D eigenvalue weighted by molar-refractivity contribution is 5.55. The Kier molecular flexibility index (Phi) is 13.6. The van der Waals surface area contributed by atoms with E-state index in [0.717, 1.165) is 5.56 Å². The molecule has 2 aliphatic rings. The summed E-state index contributed by atoms with van der Waals surface area (Å²) in [5.74, 6) is -1.39. The molecule has 15 nitrogen and oxygen atoms in total. The Balaban J connectivity index is 1.19. The van der Waals surface area contributed by atoms with Gasteiger partial charge in [0.1, 0.15) is 43.2 Å². The Labute approximate surface area is 271 Å². The van der Waals surface area contributed by atoms with Crippen molar-refractivity contribution in [3.8, 4) is 23.0 Å². The lowest BCUT2D eigenvalue weighted by atomic mass is 9.87. The summed E-state index contributed by atoms with van der Waals surface area (Å²) in [7, 11) is 0. The molecule has 2 aromatic rings. The normalized spacial score (nSPS) is 31.3. The molecule has 0 amide bonds. The third-order valence-electron chi connectivity index (χ3n) is 8.18. The minimum atomic E-state index is -1.41. The maximum Gasteiger partial charge on any atom is 0.206 e. The lowest BCUT2D eigenvalue weighted by Crippen LogP contribution is -2.59. The molecule has 0 radical (unpaired) electrons. The van der Waals surface area contributed by atoms with Crippen molar-refractivity contribution in [3.63, 3.8) is 0 Å². The molecule has 47 heavy (non-hydrogen) atoms. The number of rotatable bonds is 15. The van der Waals surface area contributed by atoms with Crippen molar-refractivity contribution >= 4 is 6.08 Å². The van der Waals surface area contributed by atoms with Crippen molar-refractivity contribution in [2.24, 2.45) is 5.92 Å². The zero-order valence-electron chi connectivity index (χ0n) is 25.8. The third-order valence-corrected chi connectivity index (χ3v) is 8.18. The van der Waals surface area contributed by atoms with E-state index in [4.69, 9.17) is 28.7 Å². The van der Waals surface area contributed by atoms with Crippen LogP contribution in [-0.2, 0) is 30.3 Å². The average Bonchev–Trinajstić information content (AvgIpc) is 3.05. The van der Waals surface area contributed by atoms with Gasteiger partial charge in [-0.2, -0.15) is 4.89 Å². The molecule has 0 bridgehead atoms. The standard InChI is InChI=1S/C32H44O15/c1-17-28(37)32(41)31(40)27(45-17)16-43-14-20-29(38)25(13-33)46-26(30(20)39)15-42-10-8-19-5-7-24(23(36)12-19)47-44-9-2-3-18-4-6-21(34)22(35)11-18/h2-7,11-12,17,20,25-41H,8-10,13-16H2,1H3/b3-2+. The van der Waals surface area contributed by atoms with Crippen molar-refractivity contribution < 1.29 is 74.7 Å². The van der Waals surface area contributed by atoms with Crippen LogP contribution in [0.5, 0.6) is 23.0 Å². The molecule has 2 aromatic carbocycles. The molecular formula is C32H44O15. The second-order valence-electron chi connectivity index (χ2n) is 11.6. The van der Waals surface area contributed by atoms with Gasteiger partial charge in [-0.05, 0) is 48.7 Å². The summed E-state index contributed by atoms with van der Waals surface area (Å²) in [5.41, 5.74) is 1.37. The quantitative estimate of drug-likeness (QED) is 0.0497. The summed E-state index contributed by atoms with van der Waals surface area (Å²) >= 11 is 0. The number of ether oxygens (including phenoxy) is 4. The maximum atomic E-state index is 10.9. The summed E-state index contributed by atoms with van der Waals surface area (Å²) in [4.78, 5) is 10.2. The molecule has 15 heteroatoms. The Hall–Kier alpha value is -3.06. The molecule has 262 valence electrons. The minimum Gasteiger partial charge on any atom is -0.504 e. The first-order valence-corrected chi connectivity index (χ1v) is 15.3. The topological polar surface area (TPSA) is 237 Å². The van der Waals surface area contributed by atoms with Crippen LogP contribution >= 0.6 is 0 Å². The van der Waals surface area contributed by atoms with Crippen LogP contribution in [0.4, 0.5) is 0 Å². The molecule has 9 N–H and O–H groups in total. The van der Waals surface area contributed by atoms with E-state index in [9.17, 15) is 46.0 Å². The van der Waals surface area contributed by atoms with E-state index in [2.05, 4.69) is 0 Å². The molecule has 2 aliphatic heterocycles. The van der Waals surface area contributed by atoms with Crippen LogP contribution in [-0.4, -0.2) is 141 Å². The number of hydrogen-bond donors (Lipinski definition) is 9. The smallest absolute Gasteiger partial charge is 0.206 e. The Morgan fingerprint density at radius 2 is 1.45 bits per heavy atom. The molecular weight excluding hydrogens is 624 g/mol. The van der Waals surface area contributed by atoms with Crippen LogP contribution in [0.3, 0.4) is 0 Å². The van der Waals surface area contributed by atoms with Gasteiger partial charge in [-0.25, -0.2) is 0 Å². The summed E-state index contributed by atoms with van der Waals surface area (Å²) in [6.07, 6.45) is -6.43. The van der Waals surface area contributed by atoms with Crippen molar-refractivity contribution in [1.29, 1.82) is 0 Å². The number of aromatic hydroxyl groups is 3. The zero-order chi connectivity index (χ0) is 34.1. The van der Waals surface area contributed by atoms with Gasteiger partial charge in [-0.1, -0.05) is 24.3 Å². The van der Waals surface area contributed by atoms with Crippen LogP contribution < -0.4 is 4.89 Å². The highest BCUT2D eigenvalue weighted by atomic mass is 17.2. The van der Waals surface area contributed by atoms with Gasteiger partial charge in [-0.15, -0.1) is 0 Å². The summed E-state index contributed by atoms with van der Waals surface area (Å²) < 4.78 is 22.5. The highest BCUT2D eigenvalue weighted by Gasteiger charge is 2.45. The number of benzene rings is 2. The molecule has 0 aliphatic carbocycles. The Morgan fingerprint density at radius 3 is 2.17 bits per heavy atom. The first-order chi connectivity index (χ1) is 22.5. The summed E-state index contributed by atoms with van der Waals surface area (Å²) in [5, 5.41) is 90.6. The molecule has 0 saturated carbocycles. The molecule has 0 aromatic heterocycles. The van der Waals surface area contributed by atoms with Crippen LogP contribution in [0.2, 0.25) is 0 Å². The number of hydrogen-bond acceptors (Lipinski definition) is 15. The Morgan fingerprint density at radius 1 is 0.723 bits per heavy atom. The molecule has 10 unspecified atom stereocenters. The molecule has 2 heterocycles. The van der Waals surface area contributed by atoms with Gasteiger partial charge in [0, 0.05) is 5.92 Å². The summed E-state index contributed by atoms with van der Waals surface area (Å²) in [6.45, 7) is 0.860. The van der Waals surface area contributed by atoms with E-state index in [0.29, 0.717) is 12.0 Å². The zero-order valence-corrected chi connectivity index (χ0v) is 25.8. The molecule has 4 rings (SSSR count). The fraction of sp³-hybridized carbons (Fsp3) is 0.562. The van der Waals surface area contributed by atoms with Crippen molar-refractivity contribution in [2.75, 3.05) is 39.6 Å². The van der Waals surface area contributed by atoms with Crippen molar-refractivity contribution in [3.05, 3.63) is 53.6 Å². The van der Waals surface area contributed by atoms with Gasteiger partial charge in [0.25, 0.3) is 0 Å². The molecule has 10 atom stereocenters. The number of phenols is 3. The van der Waals surface area contributed by atoms with Gasteiger partial charge >= 0.3 is 0 Å². The summed E-state index contributed by atoms with van der Waals surface area (Å²) in [6, 6.07) is 9.08. The van der Waals surface area contributed by atoms with E-state index in [1.54, 1.807) is 31.2 Å². The van der Waals surface area contributed by atoms with Crippen LogP contribution in [0.25, 0.3) is 6.08 Å². The molecule has 0 spiro atoms. The predicted molar refractivity (Wildman–Crippen MR) is 162 cm³/mol. The van der Waals surface area contributed by atoms with Gasteiger partial charge in [-0.3, -0.25) is 0 Å². The van der Waals surface area contributed by atoms with Gasteiger partial charge in [0.05, 0.1) is 51.3 Å². The van der Waals surface area contributed by atoms with E-state index in [1.165, 1.54) is 24.3 Å². The lowest BCUT2D eigenvalue weighted by Gasteiger charge is -2.43. The minimum absolute atomic E-state index is 0.0411. The Bertz CT molecular complexity index is 1290. The SMILES string of the molecule is CC1OC(COCC2C(O)C(CO)OC(COCCc3ccc(OOC/C=C/c4ccc(O)c(O)c4)c(O)c3)C2O)C(O)C(O)C1O. The van der Waals surface area contributed by atoms with E-state index >= 15 is 0 Å². The van der Waals surface area contributed by atoms with Crippen LogP contribution in [0, 0.1) is 5.92 Å². The lowest BCUT2D eigenvalue weighted by molar-refractivity contribution is -0.242.